The topological polar surface area (TPSA) is 121 Å². The minimum atomic E-state index is -4.10. The molecule has 16 heavy (non-hydrogen) atoms. The van der Waals surface area contributed by atoms with Crippen molar-refractivity contribution >= 4 is 7.60 Å². The maximum atomic E-state index is 10.7. The molecule has 1 aliphatic heterocycles. The number of β-amino-alcohol motifs (C(OH)–C–C–N with tert-alkyl or cyclic N) is 1. The van der Waals surface area contributed by atoms with Gasteiger partial charge in [-0.15, -0.1) is 0 Å². The van der Waals surface area contributed by atoms with Gasteiger partial charge in [-0.05, 0) is 13.5 Å². The zero-order valence-electron chi connectivity index (χ0n) is 8.97. The van der Waals surface area contributed by atoms with Gasteiger partial charge in [-0.2, -0.15) is 0 Å². The number of rotatable bonds is 3. The van der Waals surface area contributed by atoms with Gasteiger partial charge in [-0.1, -0.05) is 0 Å². The summed E-state index contributed by atoms with van der Waals surface area (Å²) < 4.78 is 10.7. The average Bonchev–Trinajstić information content (AvgIpc) is 2.12. The van der Waals surface area contributed by atoms with Crippen LogP contribution in [0.25, 0.3) is 0 Å². The van der Waals surface area contributed by atoms with E-state index in [1.54, 1.807) is 11.9 Å². The first kappa shape index (κ1) is 14.1. The Hall–Kier alpha value is -0.0100. The lowest BCUT2D eigenvalue weighted by molar-refractivity contribution is -0.131. The van der Waals surface area contributed by atoms with Crippen LogP contribution in [0.2, 0.25) is 0 Å². The molecule has 0 aromatic rings. The lowest BCUT2D eigenvalue weighted by atomic mass is 9.93. The van der Waals surface area contributed by atoms with Crippen LogP contribution in [0.1, 0.15) is 6.42 Å². The van der Waals surface area contributed by atoms with Crippen LogP contribution in [0.15, 0.2) is 0 Å². The number of piperidine rings is 1. The molecular formula is C8H18NO6P. The van der Waals surface area contributed by atoms with Crippen molar-refractivity contribution in [1.82, 2.24) is 4.90 Å². The zero-order chi connectivity index (χ0) is 12.5. The van der Waals surface area contributed by atoms with E-state index < -0.39 is 31.9 Å². The lowest BCUT2D eigenvalue weighted by Crippen LogP contribution is -2.60. The molecule has 1 saturated heterocycles. The number of likely N-dealkylation sites (N-methyl/N-ethyl adjacent to an activating group) is 1. The second-order valence-corrected chi connectivity index (χ2v) is 6.01. The zero-order valence-corrected chi connectivity index (χ0v) is 9.86. The third kappa shape index (κ3) is 3.49. The molecule has 7 nitrogen and oxygen atoms in total. The summed E-state index contributed by atoms with van der Waals surface area (Å²) in [7, 11) is -2.47. The van der Waals surface area contributed by atoms with Crippen molar-refractivity contribution < 1.29 is 29.7 Å². The van der Waals surface area contributed by atoms with E-state index in [-0.39, 0.29) is 19.1 Å². The second kappa shape index (κ2) is 5.10. The quantitative estimate of drug-likeness (QED) is 0.368. The van der Waals surface area contributed by atoms with Gasteiger partial charge in [-0.3, -0.25) is 9.46 Å². The predicted molar refractivity (Wildman–Crippen MR) is 56.0 cm³/mol. The fourth-order valence-electron chi connectivity index (χ4n) is 1.95. The van der Waals surface area contributed by atoms with Gasteiger partial charge in [0.1, 0.15) is 6.10 Å². The summed E-state index contributed by atoms with van der Waals surface area (Å²) in [5.41, 5.74) is 0. The van der Waals surface area contributed by atoms with Crippen LogP contribution < -0.4 is 0 Å². The van der Waals surface area contributed by atoms with E-state index in [4.69, 9.17) is 9.79 Å². The summed E-state index contributed by atoms with van der Waals surface area (Å²) in [6, 6.07) is -0.550. The number of likely N-dealkylation sites (tertiary alicyclic amines) is 1. The summed E-state index contributed by atoms with van der Waals surface area (Å²) in [6.45, 7) is 0.171. The Kier molecular flexibility index (Phi) is 4.48. The number of aliphatic hydroxyl groups is 3. The molecule has 96 valence electrons. The smallest absolute Gasteiger partial charge is 0.325 e. The molecule has 4 atom stereocenters. The van der Waals surface area contributed by atoms with Crippen LogP contribution in [-0.2, 0) is 4.57 Å². The Morgan fingerprint density at radius 3 is 2.31 bits per heavy atom. The van der Waals surface area contributed by atoms with Gasteiger partial charge >= 0.3 is 7.60 Å². The molecule has 1 fully saturated rings. The Bertz CT molecular complexity index is 282. The SMILES string of the molecule is CN1C[C@@H](O)[C@@H](O)[C@H](O)[C@H]1CCP(=O)(O)O. The van der Waals surface area contributed by atoms with Crippen LogP contribution in [0, 0.1) is 0 Å². The van der Waals surface area contributed by atoms with Crippen molar-refractivity contribution in [2.45, 2.75) is 30.8 Å². The first-order valence-electron chi connectivity index (χ1n) is 5.01. The summed E-state index contributed by atoms with van der Waals surface area (Å²) in [6.07, 6.45) is -3.77. The van der Waals surface area contributed by atoms with Crippen LogP contribution >= 0.6 is 7.60 Å². The van der Waals surface area contributed by atoms with Crippen molar-refractivity contribution in [1.29, 1.82) is 0 Å². The largest absolute Gasteiger partial charge is 0.389 e. The lowest BCUT2D eigenvalue weighted by Gasteiger charge is -2.42. The number of aliphatic hydroxyl groups excluding tert-OH is 3. The van der Waals surface area contributed by atoms with E-state index in [0.29, 0.717) is 0 Å². The van der Waals surface area contributed by atoms with Crippen molar-refractivity contribution in [3.63, 3.8) is 0 Å². The third-order valence-corrected chi connectivity index (χ3v) is 3.74. The maximum Gasteiger partial charge on any atom is 0.325 e. The van der Waals surface area contributed by atoms with E-state index >= 15 is 0 Å². The van der Waals surface area contributed by atoms with Gasteiger partial charge < -0.3 is 25.1 Å². The highest BCUT2D eigenvalue weighted by atomic mass is 31.2. The Morgan fingerprint density at radius 2 is 1.81 bits per heavy atom. The summed E-state index contributed by atoms with van der Waals surface area (Å²) in [4.78, 5) is 19.1. The summed E-state index contributed by atoms with van der Waals surface area (Å²) in [5, 5.41) is 28.5. The van der Waals surface area contributed by atoms with Gasteiger partial charge in [0.15, 0.2) is 0 Å². The molecular weight excluding hydrogens is 237 g/mol. The van der Waals surface area contributed by atoms with Gasteiger partial charge in [0, 0.05) is 12.6 Å². The number of hydrogen-bond donors (Lipinski definition) is 5. The molecule has 1 heterocycles. The van der Waals surface area contributed by atoms with E-state index in [1.807, 2.05) is 0 Å². The summed E-state index contributed by atoms with van der Waals surface area (Å²) in [5.74, 6) is 0. The van der Waals surface area contributed by atoms with Gasteiger partial charge in [0.25, 0.3) is 0 Å². The van der Waals surface area contributed by atoms with E-state index in [2.05, 4.69) is 0 Å². The highest BCUT2D eigenvalue weighted by molar-refractivity contribution is 7.51. The molecule has 0 radical (unpaired) electrons. The van der Waals surface area contributed by atoms with Crippen molar-refractivity contribution in [3.05, 3.63) is 0 Å². The molecule has 0 aromatic carbocycles. The second-order valence-electron chi connectivity index (χ2n) is 4.23. The molecule has 0 bridgehead atoms. The minimum absolute atomic E-state index is 0.0751. The molecule has 8 heteroatoms. The molecule has 0 spiro atoms. The fourth-order valence-corrected chi connectivity index (χ4v) is 2.55. The highest BCUT2D eigenvalue weighted by Gasteiger charge is 2.40. The first-order chi connectivity index (χ1) is 7.22. The standard InChI is InChI=1S/C8H18NO6P/c1-9-4-6(10)8(12)7(11)5(9)2-3-16(13,14)15/h5-8,10-12H,2-4H2,1H3,(H2,13,14,15)/t5-,6-,7-,8-/m1/s1. The van der Waals surface area contributed by atoms with Crippen LogP contribution in [0.5, 0.6) is 0 Å². The molecule has 5 N–H and O–H groups in total. The van der Waals surface area contributed by atoms with Gasteiger partial charge in [0.2, 0.25) is 0 Å². The molecule has 0 unspecified atom stereocenters. The van der Waals surface area contributed by atoms with E-state index in [1.165, 1.54) is 0 Å². The van der Waals surface area contributed by atoms with Crippen LogP contribution in [0.3, 0.4) is 0 Å². The van der Waals surface area contributed by atoms with Crippen molar-refractivity contribution in [2.24, 2.45) is 0 Å². The Balaban J connectivity index is 2.61. The Morgan fingerprint density at radius 1 is 1.25 bits per heavy atom. The number of nitrogens with zero attached hydrogens (tertiary/aromatic N) is 1. The monoisotopic (exact) mass is 255 g/mol. The van der Waals surface area contributed by atoms with Crippen LogP contribution in [-0.4, -0.2) is 74.1 Å². The number of hydrogen-bond acceptors (Lipinski definition) is 5. The van der Waals surface area contributed by atoms with E-state index in [0.717, 1.165) is 0 Å². The van der Waals surface area contributed by atoms with Crippen LogP contribution in [0.4, 0.5) is 0 Å². The molecule has 0 aliphatic carbocycles. The fraction of sp³-hybridized carbons (Fsp3) is 1.00. The first-order valence-corrected chi connectivity index (χ1v) is 6.81. The Labute approximate surface area is 93.5 Å². The summed E-state index contributed by atoms with van der Waals surface area (Å²) >= 11 is 0. The molecule has 0 aromatic heterocycles. The van der Waals surface area contributed by atoms with E-state index in [9.17, 15) is 19.9 Å². The van der Waals surface area contributed by atoms with Gasteiger partial charge in [0.05, 0.1) is 18.4 Å². The predicted octanol–water partition coefficient (Wildman–Crippen LogP) is -2.05. The van der Waals surface area contributed by atoms with Crippen molar-refractivity contribution in [2.75, 3.05) is 19.8 Å². The normalized spacial score (nSPS) is 37.6. The molecule has 0 amide bonds. The minimum Gasteiger partial charge on any atom is -0.389 e. The maximum absolute atomic E-state index is 10.7. The van der Waals surface area contributed by atoms with Gasteiger partial charge in [-0.25, -0.2) is 0 Å². The average molecular weight is 255 g/mol. The molecule has 0 saturated carbocycles. The van der Waals surface area contributed by atoms with Crippen molar-refractivity contribution in [3.8, 4) is 0 Å². The third-order valence-electron chi connectivity index (χ3n) is 2.90. The molecule has 1 aliphatic rings. The molecule has 1 rings (SSSR count). The highest BCUT2D eigenvalue weighted by Crippen LogP contribution is 2.36.